The molecule has 0 saturated carbocycles. The quantitative estimate of drug-likeness (QED) is 0.306. The van der Waals surface area contributed by atoms with Gasteiger partial charge in [0.25, 0.3) is 0 Å². The highest BCUT2D eigenvalue weighted by molar-refractivity contribution is 6.65. The van der Waals surface area contributed by atoms with E-state index in [1.165, 1.54) is 0 Å². The van der Waals surface area contributed by atoms with E-state index in [-0.39, 0.29) is 0 Å². The minimum atomic E-state index is -0.702. The Hall–Kier alpha value is -0.570. The van der Waals surface area contributed by atoms with Crippen LogP contribution in [-0.2, 0) is 14.3 Å². The highest BCUT2D eigenvalue weighted by Gasteiger charge is 2.31. The Morgan fingerprint density at radius 1 is 1.78 bits per heavy atom. The van der Waals surface area contributed by atoms with Gasteiger partial charge in [-0.1, -0.05) is 0 Å². The van der Waals surface area contributed by atoms with Gasteiger partial charge in [0.1, 0.15) is 5.92 Å². The Morgan fingerprint density at radius 3 is 2.67 bits per heavy atom. The van der Waals surface area contributed by atoms with Gasteiger partial charge < -0.3 is 4.74 Å². The van der Waals surface area contributed by atoms with E-state index in [0.29, 0.717) is 13.0 Å². The van der Waals surface area contributed by atoms with E-state index in [4.69, 9.17) is 11.6 Å². The van der Waals surface area contributed by atoms with Crippen molar-refractivity contribution in [3.05, 3.63) is 0 Å². The summed E-state index contributed by atoms with van der Waals surface area (Å²) in [5.41, 5.74) is 0. The molecular weight excluding hydrogens is 144 g/mol. The second-order valence-electron chi connectivity index (χ2n) is 1.81. The van der Waals surface area contributed by atoms with E-state index in [1.54, 1.807) is 0 Å². The van der Waals surface area contributed by atoms with E-state index in [2.05, 4.69) is 4.74 Å². The molecule has 1 unspecified atom stereocenters. The summed E-state index contributed by atoms with van der Waals surface area (Å²) in [7, 11) is 0. The van der Waals surface area contributed by atoms with Gasteiger partial charge in [-0.15, -0.1) is 0 Å². The molecular formula is C5H5ClO3. The van der Waals surface area contributed by atoms with Crippen LogP contribution in [0.15, 0.2) is 0 Å². The van der Waals surface area contributed by atoms with Crippen LogP contribution in [0.2, 0.25) is 0 Å². The molecule has 0 radical (unpaired) electrons. The Balaban J connectivity index is 2.60. The Labute approximate surface area is 56.9 Å². The number of hydrogen-bond acceptors (Lipinski definition) is 3. The van der Waals surface area contributed by atoms with Crippen LogP contribution in [0.4, 0.5) is 0 Å². The lowest BCUT2D eigenvalue weighted by Crippen LogP contribution is -2.13. The highest BCUT2D eigenvalue weighted by Crippen LogP contribution is 2.16. The molecule has 1 atom stereocenters. The number of hydrogen-bond donors (Lipinski definition) is 0. The lowest BCUT2D eigenvalue weighted by Gasteiger charge is -1.93. The van der Waals surface area contributed by atoms with Crippen molar-refractivity contribution < 1.29 is 14.3 Å². The summed E-state index contributed by atoms with van der Waals surface area (Å²) in [5.74, 6) is -1.19. The number of rotatable bonds is 1. The fourth-order valence-electron chi connectivity index (χ4n) is 0.702. The topological polar surface area (TPSA) is 43.4 Å². The van der Waals surface area contributed by atoms with Gasteiger partial charge in [0, 0.05) is 6.42 Å². The number of ether oxygens (including phenoxy) is 1. The van der Waals surface area contributed by atoms with Crippen LogP contribution in [-0.4, -0.2) is 17.8 Å². The standard InChI is InChI=1S/C5H5ClO3/c6-4(7)3-1-2-9-5(3)8/h3H,1-2H2. The molecule has 0 N–H and O–H groups in total. The average molecular weight is 149 g/mol. The van der Waals surface area contributed by atoms with Crippen LogP contribution in [0.1, 0.15) is 6.42 Å². The van der Waals surface area contributed by atoms with E-state index >= 15 is 0 Å². The normalized spacial score (nSPS) is 25.9. The van der Waals surface area contributed by atoms with Crippen molar-refractivity contribution in [2.75, 3.05) is 6.61 Å². The molecule has 0 aliphatic carbocycles. The SMILES string of the molecule is O=C(Cl)C1CCOC1=O. The molecule has 4 heteroatoms. The van der Waals surface area contributed by atoms with Crippen molar-refractivity contribution in [2.24, 2.45) is 5.92 Å². The van der Waals surface area contributed by atoms with Crippen LogP contribution in [0.5, 0.6) is 0 Å². The smallest absolute Gasteiger partial charge is 0.317 e. The molecule has 1 fully saturated rings. The zero-order chi connectivity index (χ0) is 6.85. The minimum Gasteiger partial charge on any atom is -0.465 e. The van der Waals surface area contributed by atoms with Gasteiger partial charge >= 0.3 is 5.97 Å². The van der Waals surface area contributed by atoms with Crippen molar-refractivity contribution >= 4 is 22.8 Å². The van der Waals surface area contributed by atoms with Gasteiger partial charge in [0.15, 0.2) is 0 Å². The van der Waals surface area contributed by atoms with Crippen LogP contribution in [0.25, 0.3) is 0 Å². The highest BCUT2D eigenvalue weighted by atomic mass is 35.5. The van der Waals surface area contributed by atoms with E-state index in [0.717, 1.165) is 0 Å². The molecule has 50 valence electrons. The summed E-state index contributed by atoms with van der Waals surface area (Å²) in [5, 5.41) is -0.613. The maximum absolute atomic E-state index is 10.5. The molecule has 1 heterocycles. The summed E-state index contributed by atoms with van der Waals surface area (Å²) >= 11 is 5.04. The summed E-state index contributed by atoms with van der Waals surface area (Å²) in [6, 6.07) is 0. The largest absolute Gasteiger partial charge is 0.465 e. The molecule has 1 saturated heterocycles. The Bertz CT molecular complexity index is 154. The van der Waals surface area contributed by atoms with Gasteiger partial charge in [-0.3, -0.25) is 9.59 Å². The minimum absolute atomic E-state index is 0.321. The summed E-state index contributed by atoms with van der Waals surface area (Å²) in [4.78, 5) is 20.8. The maximum atomic E-state index is 10.5. The fourth-order valence-corrected chi connectivity index (χ4v) is 0.900. The number of halogens is 1. The first-order chi connectivity index (χ1) is 4.22. The molecule has 0 bridgehead atoms. The van der Waals surface area contributed by atoms with E-state index in [9.17, 15) is 9.59 Å². The van der Waals surface area contributed by atoms with E-state index < -0.39 is 17.1 Å². The van der Waals surface area contributed by atoms with Crippen molar-refractivity contribution in [2.45, 2.75) is 6.42 Å². The Morgan fingerprint density at radius 2 is 2.44 bits per heavy atom. The predicted molar refractivity (Wildman–Crippen MR) is 29.9 cm³/mol. The third-order valence-corrected chi connectivity index (χ3v) is 1.47. The van der Waals surface area contributed by atoms with Crippen LogP contribution >= 0.6 is 11.6 Å². The summed E-state index contributed by atoms with van der Waals surface area (Å²) < 4.78 is 4.48. The molecule has 0 spiro atoms. The zero-order valence-electron chi connectivity index (χ0n) is 4.59. The second kappa shape index (κ2) is 2.35. The van der Waals surface area contributed by atoms with Crippen molar-refractivity contribution in [3.63, 3.8) is 0 Å². The Kier molecular flexibility index (Phi) is 1.71. The molecule has 0 aromatic carbocycles. The van der Waals surface area contributed by atoms with Crippen LogP contribution in [0.3, 0.4) is 0 Å². The fraction of sp³-hybridized carbons (Fsp3) is 0.600. The lowest BCUT2D eigenvalue weighted by molar-refractivity contribution is -0.143. The van der Waals surface area contributed by atoms with Gasteiger partial charge in [-0.2, -0.15) is 0 Å². The first-order valence-corrected chi connectivity index (χ1v) is 2.95. The number of esters is 1. The lowest BCUT2D eigenvalue weighted by atomic mass is 10.1. The number of carbonyl (C=O) groups excluding carboxylic acids is 2. The van der Waals surface area contributed by atoms with Crippen molar-refractivity contribution in [1.82, 2.24) is 0 Å². The molecule has 1 rings (SSSR count). The first-order valence-electron chi connectivity index (χ1n) is 2.58. The molecule has 9 heavy (non-hydrogen) atoms. The second-order valence-corrected chi connectivity index (χ2v) is 2.19. The molecule has 0 aromatic heterocycles. The van der Waals surface area contributed by atoms with E-state index in [1.807, 2.05) is 0 Å². The maximum Gasteiger partial charge on any atom is 0.317 e. The third-order valence-electron chi connectivity index (χ3n) is 1.21. The molecule has 3 nitrogen and oxygen atoms in total. The number of carbonyl (C=O) groups is 2. The van der Waals surface area contributed by atoms with Gasteiger partial charge in [0.2, 0.25) is 5.24 Å². The molecule has 0 amide bonds. The van der Waals surface area contributed by atoms with Crippen molar-refractivity contribution in [3.8, 4) is 0 Å². The van der Waals surface area contributed by atoms with Crippen molar-refractivity contribution in [1.29, 1.82) is 0 Å². The summed E-state index contributed by atoms with van der Waals surface area (Å²) in [6.45, 7) is 0.321. The number of cyclic esters (lactones) is 1. The van der Waals surface area contributed by atoms with Crippen LogP contribution in [0, 0.1) is 5.92 Å². The monoisotopic (exact) mass is 148 g/mol. The van der Waals surface area contributed by atoms with Gasteiger partial charge in [0.05, 0.1) is 6.61 Å². The molecule has 0 aromatic rings. The van der Waals surface area contributed by atoms with Crippen LogP contribution < -0.4 is 0 Å². The van der Waals surface area contributed by atoms with Gasteiger partial charge in [-0.05, 0) is 11.6 Å². The molecule has 1 aliphatic rings. The summed E-state index contributed by atoms with van der Waals surface area (Å²) in [6.07, 6.45) is 0.432. The van der Waals surface area contributed by atoms with Gasteiger partial charge in [-0.25, -0.2) is 0 Å². The third kappa shape index (κ3) is 1.21. The zero-order valence-corrected chi connectivity index (χ0v) is 5.35. The first kappa shape index (κ1) is 6.55. The average Bonchev–Trinajstić information content (AvgIpc) is 2.13. The molecule has 1 aliphatic heterocycles. The predicted octanol–water partition coefficient (Wildman–Crippen LogP) is 0.315.